The summed E-state index contributed by atoms with van der Waals surface area (Å²) in [5.74, 6) is 0.583. The van der Waals surface area contributed by atoms with Crippen LogP contribution in [0.3, 0.4) is 0 Å². The first-order valence-electron chi connectivity index (χ1n) is 4.34. The lowest BCUT2D eigenvalue weighted by Gasteiger charge is -2.06. The molecule has 70 valence electrons. The molecule has 13 heavy (non-hydrogen) atoms. The first kappa shape index (κ1) is 8.91. The maximum absolute atomic E-state index is 11.6. The van der Waals surface area contributed by atoms with E-state index in [-0.39, 0.29) is 6.04 Å². The Hall–Kier alpha value is -0.670. The van der Waals surface area contributed by atoms with E-state index in [1.54, 1.807) is 0 Å². The lowest BCUT2D eigenvalue weighted by Crippen LogP contribution is -2.10. The van der Waals surface area contributed by atoms with Crippen LogP contribution < -0.4 is 5.73 Å². The maximum atomic E-state index is 11.6. The predicted molar refractivity (Wildman–Crippen MR) is 54.1 cm³/mol. The summed E-state index contributed by atoms with van der Waals surface area (Å²) in [6.45, 7) is 4.04. The molecule has 0 radical (unpaired) electrons. The van der Waals surface area contributed by atoms with Gasteiger partial charge in [0, 0.05) is 16.7 Å². The van der Waals surface area contributed by atoms with E-state index in [9.17, 15) is 4.21 Å². The van der Waals surface area contributed by atoms with Gasteiger partial charge < -0.3 is 5.73 Å². The second-order valence-corrected chi connectivity index (χ2v) is 5.05. The zero-order chi connectivity index (χ0) is 9.59. The number of rotatable bonds is 0. The van der Waals surface area contributed by atoms with E-state index < -0.39 is 10.8 Å². The van der Waals surface area contributed by atoms with Crippen LogP contribution in [-0.2, 0) is 10.8 Å². The molecule has 2 unspecified atom stereocenters. The van der Waals surface area contributed by atoms with E-state index in [0.717, 1.165) is 16.0 Å². The topological polar surface area (TPSA) is 43.1 Å². The van der Waals surface area contributed by atoms with Crippen molar-refractivity contribution in [1.82, 2.24) is 0 Å². The van der Waals surface area contributed by atoms with Crippen LogP contribution in [-0.4, -0.2) is 9.96 Å². The Balaban J connectivity index is 2.69. The van der Waals surface area contributed by atoms with Crippen LogP contribution in [0.5, 0.6) is 0 Å². The van der Waals surface area contributed by atoms with Crippen LogP contribution in [0.1, 0.15) is 22.7 Å². The minimum Gasteiger partial charge on any atom is -0.323 e. The van der Waals surface area contributed by atoms with Gasteiger partial charge in [-0.1, -0.05) is 17.7 Å². The lowest BCUT2D eigenvalue weighted by atomic mass is 10.0. The molecule has 0 saturated heterocycles. The zero-order valence-corrected chi connectivity index (χ0v) is 8.65. The van der Waals surface area contributed by atoms with Gasteiger partial charge in [0.2, 0.25) is 0 Å². The molecule has 0 aliphatic carbocycles. The van der Waals surface area contributed by atoms with Crippen molar-refractivity contribution in [3.63, 3.8) is 0 Å². The van der Waals surface area contributed by atoms with Gasteiger partial charge in [0.25, 0.3) is 0 Å². The molecule has 1 aromatic carbocycles. The van der Waals surface area contributed by atoms with Crippen molar-refractivity contribution in [3.8, 4) is 0 Å². The highest BCUT2D eigenvalue weighted by Gasteiger charge is 2.27. The average molecular weight is 195 g/mol. The predicted octanol–water partition coefficient (Wildman–Crippen LogP) is 1.42. The fourth-order valence-electron chi connectivity index (χ4n) is 1.91. The molecular formula is C10H13NOS. The maximum Gasteiger partial charge on any atom is 0.0554 e. The molecule has 0 bridgehead atoms. The number of fused-ring (bicyclic) bond motifs is 1. The molecule has 2 N–H and O–H groups in total. The lowest BCUT2D eigenvalue weighted by molar-refractivity contribution is 0.683. The molecule has 1 aliphatic heterocycles. The van der Waals surface area contributed by atoms with Crippen molar-refractivity contribution in [2.75, 3.05) is 5.75 Å². The molecular weight excluding hydrogens is 182 g/mol. The Bertz CT molecular complexity index is 387. The molecule has 0 amide bonds. The molecule has 2 atom stereocenters. The second-order valence-electron chi connectivity index (χ2n) is 3.62. The highest BCUT2D eigenvalue weighted by molar-refractivity contribution is 7.85. The standard InChI is InChI=1S/C10H13NOS/c1-6-3-7(2)10-8(4-6)9(11)5-13(10)12/h3-4,9H,5,11H2,1-2H3. The van der Waals surface area contributed by atoms with Gasteiger partial charge in [-0.25, -0.2) is 0 Å². The fourth-order valence-corrected chi connectivity index (χ4v) is 3.47. The molecule has 0 fully saturated rings. The van der Waals surface area contributed by atoms with Crippen LogP contribution in [0.2, 0.25) is 0 Å². The monoisotopic (exact) mass is 195 g/mol. The highest BCUT2D eigenvalue weighted by atomic mass is 32.2. The van der Waals surface area contributed by atoms with E-state index in [2.05, 4.69) is 12.1 Å². The molecule has 2 rings (SSSR count). The van der Waals surface area contributed by atoms with Crippen LogP contribution in [0.4, 0.5) is 0 Å². The molecule has 1 aliphatic rings. The largest absolute Gasteiger partial charge is 0.323 e. The summed E-state index contributed by atoms with van der Waals surface area (Å²) in [5, 5.41) is 0. The smallest absolute Gasteiger partial charge is 0.0554 e. The summed E-state index contributed by atoms with van der Waals surface area (Å²) >= 11 is 0. The molecule has 0 saturated carbocycles. The Labute approximate surface area is 80.6 Å². The number of benzene rings is 1. The summed E-state index contributed by atoms with van der Waals surface area (Å²) in [4.78, 5) is 0.970. The molecule has 0 spiro atoms. The minimum absolute atomic E-state index is 0.0329. The normalized spacial score (nSPS) is 26.1. The fraction of sp³-hybridized carbons (Fsp3) is 0.400. The van der Waals surface area contributed by atoms with Crippen molar-refractivity contribution in [2.45, 2.75) is 24.8 Å². The van der Waals surface area contributed by atoms with Gasteiger partial charge in [-0.05, 0) is 25.0 Å². The quantitative estimate of drug-likeness (QED) is 0.680. The minimum atomic E-state index is -0.873. The number of hydrogen-bond donors (Lipinski definition) is 1. The van der Waals surface area contributed by atoms with Crippen molar-refractivity contribution in [2.24, 2.45) is 5.73 Å². The Morgan fingerprint density at radius 3 is 2.85 bits per heavy atom. The van der Waals surface area contributed by atoms with Crippen molar-refractivity contribution >= 4 is 10.8 Å². The Morgan fingerprint density at radius 1 is 1.46 bits per heavy atom. The van der Waals surface area contributed by atoms with Crippen LogP contribution in [0, 0.1) is 13.8 Å². The van der Waals surface area contributed by atoms with Crippen molar-refractivity contribution < 1.29 is 4.21 Å². The first-order chi connectivity index (χ1) is 6.09. The number of aryl methyl sites for hydroxylation is 2. The third-order valence-electron chi connectivity index (χ3n) is 2.41. The van der Waals surface area contributed by atoms with Gasteiger partial charge in [0.1, 0.15) is 0 Å². The van der Waals surface area contributed by atoms with E-state index >= 15 is 0 Å². The van der Waals surface area contributed by atoms with Gasteiger partial charge in [-0.2, -0.15) is 0 Å². The first-order valence-corrected chi connectivity index (χ1v) is 5.66. The SMILES string of the molecule is Cc1cc(C)c2c(c1)C(N)CS2=O. The number of nitrogens with two attached hydrogens (primary N) is 1. The average Bonchev–Trinajstić information content (AvgIpc) is 2.27. The summed E-state index contributed by atoms with van der Waals surface area (Å²) in [6.07, 6.45) is 0. The summed E-state index contributed by atoms with van der Waals surface area (Å²) < 4.78 is 11.6. The van der Waals surface area contributed by atoms with Gasteiger partial charge in [0.05, 0.1) is 10.8 Å². The van der Waals surface area contributed by atoms with Crippen molar-refractivity contribution in [3.05, 3.63) is 28.8 Å². The molecule has 1 aromatic rings. The summed E-state index contributed by atoms with van der Waals surface area (Å²) in [5.41, 5.74) is 9.27. The summed E-state index contributed by atoms with van der Waals surface area (Å²) in [6, 6.07) is 4.08. The molecule has 3 heteroatoms. The molecule has 2 nitrogen and oxygen atoms in total. The molecule has 0 aromatic heterocycles. The van der Waals surface area contributed by atoms with E-state index in [0.29, 0.717) is 5.75 Å². The van der Waals surface area contributed by atoms with E-state index in [1.165, 1.54) is 5.56 Å². The van der Waals surface area contributed by atoms with Crippen LogP contribution in [0.25, 0.3) is 0 Å². The van der Waals surface area contributed by atoms with Crippen molar-refractivity contribution in [1.29, 1.82) is 0 Å². The second kappa shape index (κ2) is 2.93. The van der Waals surface area contributed by atoms with Gasteiger partial charge in [-0.3, -0.25) is 4.21 Å². The van der Waals surface area contributed by atoms with Crippen LogP contribution in [0.15, 0.2) is 17.0 Å². The third kappa shape index (κ3) is 1.32. The summed E-state index contributed by atoms with van der Waals surface area (Å²) in [7, 11) is -0.873. The van der Waals surface area contributed by atoms with Gasteiger partial charge in [0.15, 0.2) is 0 Å². The van der Waals surface area contributed by atoms with Gasteiger partial charge in [-0.15, -0.1) is 0 Å². The Kier molecular flexibility index (Phi) is 2.00. The molecule has 1 heterocycles. The van der Waals surface area contributed by atoms with E-state index in [1.807, 2.05) is 13.8 Å². The third-order valence-corrected chi connectivity index (χ3v) is 4.08. The van der Waals surface area contributed by atoms with E-state index in [4.69, 9.17) is 5.73 Å². The Morgan fingerprint density at radius 2 is 2.15 bits per heavy atom. The van der Waals surface area contributed by atoms with Crippen LogP contribution >= 0.6 is 0 Å². The highest BCUT2D eigenvalue weighted by Crippen LogP contribution is 2.32. The number of hydrogen-bond acceptors (Lipinski definition) is 2. The van der Waals surface area contributed by atoms with Gasteiger partial charge >= 0.3 is 0 Å². The zero-order valence-electron chi connectivity index (χ0n) is 7.83.